The summed E-state index contributed by atoms with van der Waals surface area (Å²) in [5.74, 6) is -2.89. The monoisotopic (exact) mass is 647 g/mol. The van der Waals surface area contributed by atoms with Crippen molar-refractivity contribution in [3.8, 4) is 0 Å². The number of aliphatic hydroxyl groups is 1. The molecule has 254 valence electrons. The van der Waals surface area contributed by atoms with Gasteiger partial charge in [-0.15, -0.1) is 0 Å². The predicted molar refractivity (Wildman–Crippen MR) is 175 cm³/mol. The minimum Gasteiger partial charge on any atom is -0.455 e. The molecule has 1 aromatic rings. The number of carbonyl (C=O) groups excluding carboxylic acids is 4. The number of likely N-dealkylation sites (tertiary alicyclic amines) is 1. The lowest BCUT2D eigenvalue weighted by Crippen LogP contribution is -2.58. The first-order valence-corrected chi connectivity index (χ1v) is 17.5. The number of aliphatic hydroxyl groups excluding tert-OH is 1. The number of esters is 1. The normalized spacial score (nSPS) is 34.2. The van der Waals surface area contributed by atoms with Crippen LogP contribution in [0.3, 0.4) is 0 Å². The van der Waals surface area contributed by atoms with Gasteiger partial charge in [-0.25, -0.2) is 0 Å². The summed E-state index contributed by atoms with van der Waals surface area (Å²) in [6.45, 7) is 2.65. The Labute approximate surface area is 277 Å². The van der Waals surface area contributed by atoms with E-state index in [-0.39, 0.29) is 36.8 Å². The van der Waals surface area contributed by atoms with E-state index in [9.17, 15) is 24.3 Å². The van der Waals surface area contributed by atoms with Crippen molar-refractivity contribution >= 4 is 23.7 Å². The average molecular weight is 648 g/mol. The molecule has 10 heteroatoms. The number of rotatable bonds is 7. The molecule has 2 saturated heterocycles. The lowest BCUT2D eigenvalue weighted by Gasteiger charge is -2.40. The summed E-state index contributed by atoms with van der Waals surface area (Å²) in [6.07, 6.45) is 13.9. The number of amides is 3. The van der Waals surface area contributed by atoms with Gasteiger partial charge in [-0.3, -0.25) is 19.2 Å². The maximum Gasteiger partial charge on any atom is 0.313 e. The van der Waals surface area contributed by atoms with Crippen LogP contribution in [0.5, 0.6) is 0 Å². The summed E-state index contributed by atoms with van der Waals surface area (Å²) < 4.78 is 12.9. The van der Waals surface area contributed by atoms with Gasteiger partial charge in [0.15, 0.2) is 0 Å². The highest BCUT2D eigenvalue weighted by molar-refractivity contribution is 5.99. The topological polar surface area (TPSA) is 117 Å². The molecule has 3 fully saturated rings. The van der Waals surface area contributed by atoms with E-state index in [2.05, 4.69) is 0 Å². The number of fused-ring (bicyclic) bond motifs is 2. The van der Waals surface area contributed by atoms with Crippen LogP contribution in [0.15, 0.2) is 54.6 Å². The van der Waals surface area contributed by atoms with Crippen LogP contribution in [-0.2, 0) is 28.7 Å². The number of nitrogens with zero attached hydrogens (tertiary/aromatic N) is 3. The Hall–Kier alpha value is -3.50. The van der Waals surface area contributed by atoms with Crippen molar-refractivity contribution in [2.24, 2.45) is 11.8 Å². The summed E-state index contributed by atoms with van der Waals surface area (Å²) in [5, 5.41) is 9.38. The van der Waals surface area contributed by atoms with E-state index in [0.29, 0.717) is 38.8 Å². The van der Waals surface area contributed by atoms with Gasteiger partial charge in [-0.05, 0) is 51.0 Å². The minimum absolute atomic E-state index is 0.0355. The zero-order valence-electron chi connectivity index (χ0n) is 27.7. The van der Waals surface area contributed by atoms with E-state index in [1.807, 2.05) is 66.5 Å². The first kappa shape index (κ1) is 33.4. The summed E-state index contributed by atoms with van der Waals surface area (Å²) in [6, 6.07) is 8.02. The molecule has 0 aromatic heterocycles. The third kappa shape index (κ3) is 6.26. The Morgan fingerprint density at radius 1 is 0.957 bits per heavy atom. The van der Waals surface area contributed by atoms with Gasteiger partial charge in [-0.1, -0.05) is 73.9 Å². The van der Waals surface area contributed by atoms with E-state index < -0.39 is 47.7 Å². The van der Waals surface area contributed by atoms with Crippen molar-refractivity contribution in [3.05, 3.63) is 60.2 Å². The van der Waals surface area contributed by atoms with Gasteiger partial charge in [0.2, 0.25) is 17.7 Å². The zero-order chi connectivity index (χ0) is 33.1. The number of unbranched alkanes of at least 4 members (excludes halogenated alkanes) is 2. The lowest BCUT2D eigenvalue weighted by atomic mass is 9.74. The van der Waals surface area contributed by atoms with Crippen LogP contribution in [0.4, 0.5) is 0 Å². The van der Waals surface area contributed by atoms with E-state index in [0.717, 1.165) is 37.7 Å². The van der Waals surface area contributed by atoms with E-state index >= 15 is 0 Å². The highest BCUT2D eigenvalue weighted by Crippen LogP contribution is 2.56. The second kappa shape index (κ2) is 14.3. The molecule has 7 atom stereocenters. The van der Waals surface area contributed by atoms with Gasteiger partial charge < -0.3 is 29.3 Å². The van der Waals surface area contributed by atoms with Crippen molar-refractivity contribution < 1.29 is 33.8 Å². The van der Waals surface area contributed by atoms with Crippen LogP contribution >= 0.6 is 0 Å². The quantitative estimate of drug-likeness (QED) is 0.271. The van der Waals surface area contributed by atoms with Crippen LogP contribution in [0.1, 0.15) is 82.8 Å². The largest absolute Gasteiger partial charge is 0.455 e. The van der Waals surface area contributed by atoms with Gasteiger partial charge in [0, 0.05) is 39.2 Å². The van der Waals surface area contributed by atoms with Crippen LogP contribution < -0.4 is 0 Å². The molecule has 1 aliphatic carbocycles. The zero-order valence-corrected chi connectivity index (χ0v) is 27.7. The molecule has 6 rings (SSSR count). The summed E-state index contributed by atoms with van der Waals surface area (Å²) in [5.41, 5.74) is -0.524. The summed E-state index contributed by atoms with van der Waals surface area (Å²) in [7, 11) is 1.73. The molecule has 10 nitrogen and oxygen atoms in total. The fourth-order valence-corrected chi connectivity index (χ4v) is 8.41. The van der Waals surface area contributed by atoms with Gasteiger partial charge in [-0.2, -0.15) is 0 Å². The SMILES string of the molecule is C[C@H]1[C@H](c2ccccc2)OC(=O)[C@@H]2[C@H]3C(=O)N(CCCCCO)[C@H](C(=O)N(C4CCCCC4)C/C=C\CCC(=O)N1C)[C@]31C=C[C@H]2O1. The third-order valence-corrected chi connectivity index (χ3v) is 11.0. The molecular formula is C37H49N3O7. The van der Waals surface area contributed by atoms with E-state index in [1.54, 1.807) is 16.8 Å². The third-order valence-electron chi connectivity index (χ3n) is 11.0. The van der Waals surface area contributed by atoms with Gasteiger partial charge >= 0.3 is 5.97 Å². The summed E-state index contributed by atoms with van der Waals surface area (Å²) in [4.78, 5) is 62.2. The van der Waals surface area contributed by atoms with Gasteiger partial charge in [0.25, 0.3) is 0 Å². The standard InChI is InChI=1S/C37H49N3O7/c1-25-32(26-15-7-3-8-16-26)46-36(45)30-28-20-21-37(47-28)31(30)34(43)40(23-13-6-14-24-41)33(37)35(44)39(27-17-9-4-10-18-27)22-12-5-11-19-29(42)38(25)2/h3,5,7-8,12,15-16,20-21,25,27-28,30-33,41H,4,6,9-11,13-14,17-19,22-24H2,1-2H3/b12-5-/t25-,28+,30-,31-,32+,33+,37-/m0/s1. The Balaban J connectivity index is 1.41. The lowest BCUT2D eigenvalue weighted by molar-refractivity contribution is -0.164. The molecule has 5 aliphatic rings. The number of hydrogen-bond acceptors (Lipinski definition) is 7. The van der Waals surface area contributed by atoms with Crippen molar-refractivity contribution in [2.75, 3.05) is 26.7 Å². The smallest absolute Gasteiger partial charge is 0.313 e. The average Bonchev–Trinajstić information content (AvgIpc) is 3.73. The van der Waals surface area contributed by atoms with E-state index in [4.69, 9.17) is 9.47 Å². The van der Waals surface area contributed by atoms with Crippen molar-refractivity contribution in [2.45, 2.75) is 107 Å². The molecule has 0 radical (unpaired) electrons. The van der Waals surface area contributed by atoms with Crippen molar-refractivity contribution in [3.63, 3.8) is 0 Å². The van der Waals surface area contributed by atoms with Gasteiger partial charge in [0.1, 0.15) is 23.7 Å². The van der Waals surface area contributed by atoms with Gasteiger partial charge in [0.05, 0.1) is 18.1 Å². The first-order chi connectivity index (χ1) is 22.8. The Morgan fingerprint density at radius 3 is 2.47 bits per heavy atom. The van der Waals surface area contributed by atoms with Crippen LogP contribution in [0, 0.1) is 11.8 Å². The number of likely N-dealkylation sites (N-methyl/N-ethyl adjacent to an activating group) is 1. The molecule has 1 aromatic carbocycles. The molecular weight excluding hydrogens is 598 g/mol. The number of carbonyl (C=O) groups is 4. The molecule has 3 amide bonds. The first-order valence-electron chi connectivity index (χ1n) is 17.5. The molecule has 1 spiro atoms. The Bertz CT molecular complexity index is 1370. The minimum atomic E-state index is -1.27. The summed E-state index contributed by atoms with van der Waals surface area (Å²) >= 11 is 0. The molecule has 1 N–H and O–H groups in total. The Morgan fingerprint density at radius 2 is 1.72 bits per heavy atom. The highest BCUT2D eigenvalue weighted by atomic mass is 16.6. The number of hydrogen-bond donors (Lipinski definition) is 1. The van der Waals surface area contributed by atoms with Crippen LogP contribution in [-0.4, -0.2) is 100 Å². The molecule has 4 heterocycles. The molecule has 5 bridgehead atoms. The van der Waals surface area contributed by atoms with E-state index in [1.165, 1.54) is 0 Å². The highest BCUT2D eigenvalue weighted by Gasteiger charge is 2.73. The predicted octanol–water partition coefficient (Wildman–Crippen LogP) is 3.94. The van der Waals surface area contributed by atoms with Crippen molar-refractivity contribution in [1.82, 2.24) is 14.7 Å². The second-order valence-electron chi connectivity index (χ2n) is 13.8. The number of ether oxygens (including phenoxy) is 2. The number of allylic oxidation sites excluding steroid dienone is 1. The fraction of sp³-hybridized carbons (Fsp3) is 0.622. The Kier molecular flexibility index (Phi) is 10.2. The van der Waals surface area contributed by atoms with Crippen LogP contribution in [0.25, 0.3) is 0 Å². The molecule has 4 aliphatic heterocycles. The molecule has 1 saturated carbocycles. The van der Waals surface area contributed by atoms with Crippen LogP contribution in [0.2, 0.25) is 0 Å². The molecule has 0 unspecified atom stereocenters. The fourth-order valence-electron chi connectivity index (χ4n) is 8.41. The number of benzene rings is 1. The maximum atomic E-state index is 14.9. The molecule has 47 heavy (non-hydrogen) atoms. The number of cyclic esters (lactones) is 1. The second-order valence-corrected chi connectivity index (χ2v) is 13.8. The van der Waals surface area contributed by atoms with Crippen molar-refractivity contribution in [1.29, 1.82) is 0 Å². The maximum absolute atomic E-state index is 14.9.